The first-order valence-corrected chi connectivity index (χ1v) is 12.2. The lowest BCUT2D eigenvalue weighted by molar-refractivity contribution is -0.127. The zero-order chi connectivity index (χ0) is 25.3. The number of nitrogens with zero attached hydrogens (tertiary/aromatic N) is 3. The molecule has 36 heavy (non-hydrogen) atoms. The number of anilines is 2. The van der Waals surface area contributed by atoms with E-state index >= 15 is 0 Å². The van der Waals surface area contributed by atoms with E-state index in [4.69, 9.17) is 9.72 Å². The van der Waals surface area contributed by atoms with E-state index in [9.17, 15) is 9.59 Å². The maximum Gasteiger partial charge on any atom is 0.253 e. The van der Waals surface area contributed by atoms with Crippen molar-refractivity contribution >= 4 is 23.5 Å². The van der Waals surface area contributed by atoms with Crippen LogP contribution in [-0.2, 0) is 10.2 Å². The summed E-state index contributed by atoms with van der Waals surface area (Å²) >= 11 is 0. The average molecular weight is 487 g/mol. The molecule has 186 valence electrons. The second-order valence-corrected chi connectivity index (χ2v) is 9.52. The standard InChI is InChI=1S/C27H30N6O3/c1-4-23(34)33-13-10-27(11-14-33)16-29-25(35)18-15-21(30-24(18)27)19-9-12-28-26(31-19)32-20-7-5-6-8-22(20)36-17(2)3/h4-9,12,15,17,30H,1,10-11,13-14,16H2,2-3H3,(H,29,35)(H,28,31,32). The number of aromatic nitrogens is 3. The molecule has 1 saturated heterocycles. The van der Waals surface area contributed by atoms with Crippen LogP contribution in [0.1, 0.15) is 42.7 Å². The summed E-state index contributed by atoms with van der Waals surface area (Å²) in [4.78, 5) is 39.2. The Kier molecular flexibility index (Phi) is 6.22. The summed E-state index contributed by atoms with van der Waals surface area (Å²) in [6, 6.07) is 11.3. The van der Waals surface area contributed by atoms with Crippen LogP contribution in [-0.4, -0.2) is 57.4 Å². The lowest BCUT2D eigenvalue weighted by atomic mass is 9.72. The lowest BCUT2D eigenvalue weighted by Gasteiger charge is -2.43. The van der Waals surface area contributed by atoms with Gasteiger partial charge in [0, 0.05) is 36.9 Å². The molecule has 0 radical (unpaired) electrons. The summed E-state index contributed by atoms with van der Waals surface area (Å²) in [5.41, 5.74) is 3.48. The minimum atomic E-state index is -0.249. The third-order valence-electron chi connectivity index (χ3n) is 6.81. The van der Waals surface area contributed by atoms with E-state index in [1.165, 1.54) is 6.08 Å². The molecule has 2 aliphatic rings. The van der Waals surface area contributed by atoms with Crippen molar-refractivity contribution in [3.8, 4) is 17.1 Å². The van der Waals surface area contributed by atoms with Gasteiger partial charge in [0.05, 0.1) is 28.7 Å². The fourth-order valence-corrected chi connectivity index (χ4v) is 4.95. The Morgan fingerprint density at radius 2 is 2.03 bits per heavy atom. The van der Waals surface area contributed by atoms with Crippen molar-refractivity contribution in [3.63, 3.8) is 0 Å². The van der Waals surface area contributed by atoms with Crippen LogP contribution < -0.4 is 15.4 Å². The minimum Gasteiger partial charge on any atom is -0.489 e. The number of ether oxygens (including phenoxy) is 1. The highest BCUT2D eigenvalue weighted by atomic mass is 16.5. The van der Waals surface area contributed by atoms with Crippen LogP contribution in [0.25, 0.3) is 11.4 Å². The zero-order valence-corrected chi connectivity index (χ0v) is 20.5. The number of nitrogens with one attached hydrogen (secondary N) is 3. The molecule has 0 unspecified atom stereocenters. The van der Waals surface area contributed by atoms with Crippen LogP contribution in [0.4, 0.5) is 11.6 Å². The van der Waals surface area contributed by atoms with Crippen molar-refractivity contribution in [1.82, 2.24) is 25.2 Å². The summed E-state index contributed by atoms with van der Waals surface area (Å²) < 4.78 is 5.89. The second kappa shape index (κ2) is 9.49. The fraction of sp³-hybridized carbons (Fsp3) is 0.333. The highest BCUT2D eigenvalue weighted by Gasteiger charge is 2.44. The third kappa shape index (κ3) is 4.44. The molecule has 0 saturated carbocycles. The number of fused-ring (bicyclic) bond motifs is 2. The molecule has 0 atom stereocenters. The molecule has 1 spiro atoms. The van der Waals surface area contributed by atoms with E-state index in [2.05, 4.69) is 27.2 Å². The Morgan fingerprint density at radius 1 is 1.25 bits per heavy atom. The number of hydrogen-bond acceptors (Lipinski definition) is 6. The monoisotopic (exact) mass is 486 g/mol. The molecule has 3 aromatic rings. The van der Waals surface area contributed by atoms with Crippen LogP contribution in [0.5, 0.6) is 5.75 Å². The molecule has 1 fully saturated rings. The predicted molar refractivity (Wildman–Crippen MR) is 137 cm³/mol. The van der Waals surface area contributed by atoms with E-state index in [-0.39, 0.29) is 23.3 Å². The average Bonchev–Trinajstić information content (AvgIpc) is 3.35. The number of hydrogen-bond donors (Lipinski definition) is 3. The van der Waals surface area contributed by atoms with Gasteiger partial charge in [-0.3, -0.25) is 9.59 Å². The zero-order valence-electron chi connectivity index (χ0n) is 20.5. The largest absolute Gasteiger partial charge is 0.489 e. The normalized spacial score (nSPS) is 16.4. The molecule has 5 rings (SSSR count). The van der Waals surface area contributed by atoms with Gasteiger partial charge in [-0.15, -0.1) is 0 Å². The van der Waals surface area contributed by atoms with Gasteiger partial charge in [-0.2, -0.15) is 0 Å². The van der Waals surface area contributed by atoms with E-state index in [0.29, 0.717) is 36.8 Å². The van der Waals surface area contributed by atoms with E-state index in [1.54, 1.807) is 11.1 Å². The molecule has 9 nitrogen and oxygen atoms in total. The Labute approximate surface area is 210 Å². The number of benzene rings is 1. The molecule has 9 heteroatoms. The minimum absolute atomic E-state index is 0.0330. The first-order chi connectivity index (χ1) is 17.4. The van der Waals surface area contributed by atoms with Crippen molar-refractivity contribution in [2.24, 2.45) is 0 Å². The summed E-state index contributed by atoms with van der Waals surface area (Å²) in [6.07, 6.45) is 4.58. The van der Waals surface area contributed by atoms with Crippen molar-refractivity contribution in [3.05, 3.63) is 66.5 Å². The van der Waals surface area contributed by atoms with Gasteiger partial charge in [-0.1, -0.05) is 18.7 Å². The number of carbonyl (C=O) groups is 2. The van der Waals surface area contributed by atoms with Crippen LogP contribution in [0.15, 0.2) is 55.3 Å². The lowest BCUT2D eigenvalue weighted by Crippen LogP contribution is -2.53. The SMILES string of the molecule is C=CC(=O)N1CCC2(CC1)CNC(=O)c1cc(-c3ccnc(Nc4ccccc4OC(C)C)n3)[nH]c12. The number of aromatic amines is 1. The van der Waals surface area contributed by atoms with E-state index in [1.807, 2.05) is 50.2 Å². The molecular weight excluding hydrogens is 456 g/mol. The molecule has 4 heterocycles. The van der Waals surface area contributed by atoms with Gasteiger partial charge in [0.25, 0.3) is 5.91 Å². The second-order valence-electron chi connectivity index (χ2n) is 9.52. The summed E-state index contributed by atoms with van der Waals surface area (Å²) in [6.45, 7) is 9.33. The predicted octanol–water partition coefficient (Wildman–Crippen LogP) is 3.79. The van der Waals surface area contributed by atoms with Crippen molar-refractivity contribution in [1.29, 1.82) is 0 Å². The molecule has 0 bridgehead atoms. The number of amides is 2. The number of rotatable bonds is 6. The molecule has 3 N–H and O–H groups in total. The summed E-state index contributed by atoms with van der Waals surface area (Å²) in [7, 11) is 0. The van der Waals surface area contributed by atoms with Gasteiger partial charge in [0.2, 0.25) is 11.9 Å². The number of para-hydroxylation sites is 2. The maximum atomic E-state index is 12.7. The molecule has 1 aromatic carbocycles. The molecule has 0 aliphatic carbocycles. The van der Waals surface area contributed by atoms with Gasteiger partial charge >= 0.3 is 0 Å². The number of carbonyl (C=O) groups excluding carboxylic acids is 2. The number of H-pyrrole nitrogens is 1. The van der Waals surface area contributed by atoms with Gasteiger partial charge in [0.1, 0.15) is 5.75 Å². The molecular formula is C27H30N6O3. The van der Waals surface area contributed by atoms with Gasteiger partial charge in [0.15, 0.2) is 0 Å². The van der Waals surface area contributed by atoms with Crippen molar-refractivity contribution in [2.45, 2.75) is 38.2 Å². The van der Waals surface area contributed by atoms with Crippen LogP contribution in [0.3, 0.4) is 0 Å². The quantitative estimate of drug-likeness (QED) is 0.457. The first-order valence-electron chi connectivity index (χ1n) is 12.2. The topological polar surface area (TPSA) is 112 Å². The van der Waals surface area contributed by atoms with Crippen LogP contribution >= 0.6 is 0 Å². The Bertz CT molecular complexity index is 1310. The summed E-state index contributed by atoms with van der Waals surface area (Å²) in [5, 5.41) is 6.30. The van der Waals surface area contributed by atoms with E-state index < -0.39 is 0 Å². The van der Waals surface area contributed by atoms with Crippen molar-refractivity contribution in [2.75, 3.05) is 25.0 Å². The molecule has 2 amide bonds. The van der Waals surface area contributed by atoms with Gasteiger partial charge in [-0.25, -0.2) is 9.97 Å². The Balaban J connectivity index is 1.42. The highest BCUT2D eigenvalue weighted by Crippen LogP contribution is 2.40. The maximum absolute atomic E-state index is 12.7. The van der Waals surface area contributed by atoms with Crippen molar-refractivity contribution < 1.29 is 14.3 Å². The highest BCUT2D eigenvalue weighted by molar-refractivity contribution is 5.98. The smallest absolute Gasteiger partial charge is 0.253 e. The number of likely N-dealkylation sites (tertiary alicyclic amines) is 1. The Hall–Kier alpha value is -4.14. The number of piperidine rings is 1. The van der Waals surface area contributed by atoms with Gasteiger partial charge in [-0.05, 0) is 57.0 Å². The first kappa shape index (κ1) is 23.6. The van der Waals surface area contributed by atoms with Crippen LogP contribution in [0.2, 0.25) is 0 Å². The fourth-order valence-electron chi connectivity index (χ4n) is 4.95. The van der Waals surface area contributed by atoms with E-state index in [0.717, 1.165) is 35.7 Å². The molecule has 2 aliphatic heterocycles. The Morgan fingerprint density at radius 3 is 2.78 bits per heavy atom. The van der Waals surface area contributed by atoms with Gasteiger partial charge < -0.3 is 25.3 Å². The summed E-state index contributed by atoms with van der Waals surface area (Å²) in [5.74, 6) is 0.986. The third-order valence-corrected chi connectivity index (χ3v) is 6.81. The van der Waals surface area contributed by atoms with Crippen LogP contribution in [0, 0.1) is 0 Å². The molecule has 2 aromatic heterocycles.